The van der Waals surface area contributed by atoms with Gasteiger partial charge in [-0.2, -0.15) is 0 Å². The third kappa shape index (κ3) is 3.33. The molecular formula is C21H19N3O3. The van der Waals surface area contributed by atoms with Gasteiger partial charge in [-0.1, -0.05) is 35.5 Å². The average Bonchev–Trinajstić information content (AvgIpc) is 3.19. The minimum Gasteiger partial charge on any atom is -0.355 e. The van der Waals surface area contributed by atoms with Crippen molar-refractivity contribution in [2.24, 2.45) is 0 Å². The number of rotatable bonds is 4. The molecule has 0 bridgehead atoms. The van der Waals surface area contributed by atoms with E-state index in [1.165, 1.54) is 0 Å². The molecule has 0 saturated carbocycles. The number of amides is 2. The third-order valence-corrected chi connectivity index (χ3v) is 4.65. The van der Waals surface area contributed by atoms with Crippen LogP contribution >= 0.6 is 0 Å². The number of hydrogen-bond acceptors (Lipinski definition) is 4. The maximum absolute atomic E-state index is 12.5. The highest BCUT2D eigenvalue weighted by atomic mass is 16.5. The summed E-state index contributed by atoms with van der Waals surface area (Å²) in [5.74, 6) is 0.348. The van der Waals surface area contributed by atoms with Crippen molar-refractivity contribution in [3.63, 3.8) is 0 Å². The van der Waals surface area contributed by atoms with Gasteiger partial charge in [0.25, 0.3) is 5.91 Å². The number of benzene rings is 2. The highest BCUT2D eigenvalue weighted by Crippen LogP contribution is 2.30. The van der Waals surface area contributed by atoms with Gasteiger partial charge < -0.3 is 14.7 Å². The molecule has 2 amide bonds. The lowest BCUT2D eigenvalue weighted by atomic mass is 10.0. The van der Waals surface area contributed by atoms with Crippen LogP contribution in [0.15, 0.2) is 59.1 Å². The molecule has 2 heterocycles. The van der Waals surface area contributed by atoms with Crippen LogP contribution in [0.1, 0.15) is 29.4 Å². The molecule has 0 spiro atoms. The van der Waals surface area contributed by atoms with E-state index in [1.807, 2.05) is 49.4 Å². The van der Waals surface area contributed by atoms with E-state index < -0.39 is 0 Å². The van der Waals surface area contributed by atoms with Crippen LogP contribution < -0.4 is 10.2 Å². The first-order valence-corrected chi connectivity index (χ1v) is 8.92. The largest absolute Gasteiger partial charge is 0.355 e. The fourth-order valence-electron chi connectivity index (χ4n) is 3.30. The van der Waals surface area contributed by atoms with E-state index in [-0.39, 0.29) is 17.5 Å². The Morgan fingerprint density at radius 2 is 1.96 bits per heavy atom. The maximum Gasteiger partial charge on any atom is 0.277 e. The van der Waals surface area contributed by atoms with Gasteiger partial charge >= 0.3 is 0 Å². The zero-order chi connectivity index (χ0) is 18.8. The number of carbonyl (C=O) groups is 2. The predicted octanol–water partition coefficient (Wildman–Crippen LogP) is 3.89. The van der Waals surface area contributed by atoms with Gasteiger partial charge in [0.1, 0.15) is 0 Å². The summed E-state index contributed by atoms with van der Waals surface area (Å²) >= 11 is 0. The van der Waals surface area contributed by atoms with E-state index in [4.69, 9.17) is 4.52 Å². The summed E-state index contributed by atoms with van der Waals surface area (Å²) in [5.41, 5.74) is 3.73. The Balaban J connectivity index is 1.52. The van der Waals surface area contributed by atoms with Crippen LogP contribution in [0.5, 0.6) is 0 Å². The number of hydrogen-bond donors (Lipinski definition) is 1. The molecule has 1 N–H and O–H groups in total. The summed E-state index contributed by atoms with van der Waals surface area (Å²) < 4.78 is 5.29. The second-order valence-corrected chi connectivity index (χ2v) is 6.38. The second-order valence-electron chi connectivity index (χ2n) is 6.38. The van der Waals surface area contributed by atoms with E-state index in [1.54, 1.807) is 17.0 Å². The van der Waals surface area contributed by atoms with Crippen molar-refractivity contribution >= 4 is 23.2 Å². The first-order valence-electron chi connectivity index (χ1n) is 8.92. The van der Waals surface area contributed by atoms with Gasteiger partial charge in [-0.05, 0) is 37.1 Å². The Labute approximate surface area is 156 Å². The molecule has 136 valence electrons. The van der Waals surface area contributed by atoms with Gasteiger partial charge in [-0.15, -0.1) is 0 Å². The minimum atomic E-state index is -0.333. The number of anilines is 2. The van der Waals surface area contributed by atoms with E-state index >= 15 is 0 Å². The molecule has 0 fully saturated rings. The van der Waals surface area contributed by atoms with E-state index in [0.717, 1.165) is 16.8 Å². The maximum atomic E-state index is 12.5. The van der Waals surface area contributed by atoms with Gasteiger partial charge in [0, 0.05) is 36.0 Å². The number of nitrogens with zero attached hydrogens (tertiary/aromatic N) is 2. The Morgan fingerprint density at radius 3 is 2.74 bits per heavy atom. The predicted molar refractivity (Wildman–Crippen MR) is 103 cm³/mol. The number of aryl methyl sites for hydroxylation is 1. The lowest BCUT2D eigenvalue weighted by molar-refractivity contribution is -0.118. The van der Waals surface area contributed by atoms with Gasteiger partial charge in [0.05, 0.1) is 0 Å². The van der Waals surface area contributed by atoms with Crippen LogP contribution in [-0.4, -0.2) is 23.5 Å². The van der Waals surface area contributed by atoms with Crippen LogP contribution in [0.2, 0.25) is 0 Å². The third-order valence-electron chi connectivity index (χ3n) is 4.65. The minimum absolute atomic E-state index is 0.137. The Kier molecular flexibility index (Phi) is 4.46. The fourth-order valence-corrected chi connectivity index (χ4v) is 3.30. The summed E-state index contributed by atoms with van der Waals surface area (Å²) in [7, 11) is 0. The summed E-state index contributed by atoms with van der Waals surface area (Å²) in [6.07, 6.45) is 1.17. The van der Waals surface area contributed by atoms with Crippen molar-refractivity contribution in [1.82, 2.24) is 5.16 Å². The average molecular weight is 361 g/mol. The summed E-state index contributed by atoms with van der Waals surface area (Å²) in [4.78, 5) is 26.3. The SMILES string of the molecule is CCN1C(=O)CCc2cc(NC(=O)c3cc(-c4ccccc4)on3)ccc21. The topological polar surface area (TPSA) is 75.4 Å². The summed E-state index contributed by atoms with van der Waals surface area (Å²) in [6, 6.07) is 16.7. The number of aromatic nitrogens is 1. The fraction of sp³-hybridized carbons (Fsp3) is 0.190. The molecule has 4 rings (SSSR count). The molecule has 27 heavy (non-hydrogen) atoms. The molecule has 2 aromatic carbocycles. The van der Waals surface area contributed by atoms with Crippen molar-refractivity contribution < 1.29 is 14.1 Å². The molecule has 1 aliphatic heterocycles. The van der Waals surface area contributed by atoms with E-state index in [2.05, 4.69) is 10.5 Å². The molecule has 6 heteroatoms. The van der Waals surface area contributed by atoms with Gasteiger partial charge in [-0.3, -0.25) is 9.59 Å². The van der Waals surface area contributed by atoms with E-state index in [0.29, 0.717) is 30.8 Å². The second kappa shape index (κ2) is 7.07. The lowest BCUT2D eigenvalue weighted by Gasteiger charge is -2.28. The Morgan fingerprint density at radius 1 is 1.15 bits per heavy atom. The van der Waals surface area contributed by atoms with Crippen molar-refractivity contribution in [2.45, 2.75) is 19.8 Å². The van der Waals surface area contributed by atoms with Crippen LogP contribution in [-0.2, 0) is 11.2 Å². The monoisotopic (exact) mass is 361 g/mol. The van der Waals surface area contributed by atoms with Crippen molar-refractivity contribution in [3.05, 3.63) is 65.9 Å². The molecule has 3 aromatic rings. The Hall–Kier alpha value is -3.41. The Bertz CT molecular complexity index is 995. The van der Waals surface area contributed by atoms with Crippen LogP contribution in [0.4, 0.5) is 11.4 Å². The summed E-state index contributed by atoms with van der Waals surface area (Å²) in [6.45, 7) is 2.59. The zero-order valence-electron chi connectivity index (χ0n) is 14.9. The van der Waals surface area contributed by atoms with Crippen LogP contribution in [0.3, 0.4) is 0 Å². The number of nitrogens with one attached hydrogen (secondary N) is 1. The molecule has 0 atom stereocenters. The quantitative estimate of drug-likeness (QED) is 0.765. The zero-order valence-corrected chi connectivity index (χ0v) is 14.9. The molecule has 1 aromatic heterocycles. The molecule has 0 saturated heterocycles. The van der Waals surface area contributed by atoms with E-state index in [9.17, 15) is 9.59 Å². The molecule has 6 nitrogen and oxygen atoms in total. The normalized spacial score (nSPS) is 13.4. The highest BCUT2D eigenvalue weighted by Gasteiger charge is 2.23. The molecular weight excluding hydrogens is 342 g/mol. The summed E-state index contributed by atoms with van der Waals surface area (Å²) in [5, 5.41) is 6.72. The van der Waals surface area contributed by atoms with Crippen LogP contribution in [0.25, 0.3) is 11.3 Å². The van der Waals surface area contributed by atoms with Crippen molar-refractivity contribution in [2.75, 3.05) is 16.8 Å². The van der Waals surface area contributed by atoms with Crippen molar-refractivity contribution in [3.8, 4) is 11.3 Å². The van der Waals surface area contributed by atoms with Gasteiger partial charge in [0.2, 0.25) is 5.91 Å². The highest BCUT2D eigenvalue weighted by molar-refractivity contribution is 6.04. The molecule has 1 aliphatic rings. The number of fused-ring (bicyclic) bond motifs is 1. The number of carbonyl (C=O) groups excluding carboxylic acids is 2. The molecule has 0 unspecified atom stereocenters. The van der Waals surface area contributed by atoms with Crippen molar-refractivity contribution in [1.29, 1.82) is 0 Å². The molecule has 0 radical (unpaired) electrons. The van der Waals surface area contributed by atoms with Crippen LogP contribution in [0, 0.1) is 0 Å². The first-order chi connectivity index (χ1) is 13.2. The molecule has 0 aliphatic carbocycles. The standard InChI is InChI=1S/C21H19N3O3/c1-2-24-18-10-9-16(12-15(18)8-11-20(24)25)22-21(26)17-13-19(27-23-17)14-6-4-3-5-7-14/h3-7,9-10,12-13H,2,8,11H2,1H3,(H,22,26). The van der Waals surface area contributed by atoms with Gasteiger partial charge in [0.15, 0.2) is 11.5 Å². The first kappa shape index (κ1) is 17.0. The lowest BCUT2D eigenvalue weighted by Crippen LogP contribution is -2.34. The smallest absolute Gasteiger partial charge is 0.277 e. The van der Waals surface area contributed by atoms with Gasteiger partial charge in [-0.25, -0.2) is 0 Å².